The highest BCUT2D eigenvalue weighted by atomic mass is 16.5. The highest BCUT2D eigenvalue weighted by Gasteiger charge is 2.22. The van der Waals surface area contributed by atoms with Gasteiger partial charge in [-0.1, -0.05) is 44.2 Å². The minimum atomic E-state index is -0.254. The van der Waals surface area contributed by atoms with Gasteiger partial charge in [-0.15, -0.1) is 0 Å². The Morgan fingerprint density at radius 2 is 2.04 bits per heavy atom. The normalized spacial score (nSPS) is 10.7. The predicted octanol–water partition coefficient (Wildman–Crippen LogP) is 3.41. The summed E-state index contributed by atoms with van der Waals surface area (Å²) in [6, 6.07) is 3.59. The van der Waals surface area contributed by atoms with Gasteiger partial charge in [0.2, 0.25) is 5.88 Å². The van der Waals surface area contributed by atoms with Gasteiger partial charge in [-0.25, -0.2) is 0 Å². The van der Waals surface area contributed by atoms with E-state index in [2.05, 4.69) is 22.4 Å². The first-order chi connectivity index (χ1) is 11.2. The average Bonchev–Trinajstić information content (AvgIpc) is 2.96. The average molecular weight is 316 g/mol. The van der Waals surface area contributed by atoms with Gasteiger partial charge in [-0.3, -0.25) is 9.78 Å². The topological polar surface area (TPSA) is 94.0 Å². The third kappa shape index (κ3) is 4.81. The summed E-state index contributed by atoms with van der Waals surface area (Å²) in [6.45, 7) is 2.82. The molecule has 6 nitrogen and oxygen atoms in total. The Morgan fingerprint density at radius 3 is 2.78 bits per heavy atom. The Labute approximate surface area is 136 Å². The number of hydrogen-bond donors (Lipinski definition) is 2. The molecular formula is C17H24N4O2. The first kappa shape index (κ1) is 17.0. The zero-order valence-electron chi connectivity index (χ0n) is 13.5. The maximum Gasteiger partial charge on any atom is 0.259 e. The van der Waals surface area contributed by atoms with E-state index in [0.29, 0.717) is 17.8 Å². The molecular weight excluding hydrogens is 292 g/mol. The molecule has 3 N–H and O–H groups in total. The zero-order chi connectivity index (χ0) is 16.5. The molecule has 2 aromatic rings. The molecule has 0 atom stereocenters. The Kier molecular flexibility index (Phi) is 6.59. The van der Waals surface area contributed by atoms with Crippen LogP contribution in [0.25, 0.3) is 11.3 Å². The Hall–Kier alpha value is -2.37. The maximum atomic E-state index is 12.3. The number of aromatic nitrogens is 2. The van der Waals surface area contributed by atoms with Gasteiger partial charge in [0.15, 0.2) is 0 Å². The number of hydrogen-bond acceptors (Lipinski definition) is 5. The van der Waals surface area contributed by atoms with Crippen molar-refractivity contribution in [3.8, 4) is 11.3 Å². The van der Waals surface area contributed by atoms with E-state index in [9.17, 15) is 4.79 Å². The summed E-state index contributed by atoms with van der Waals surface area (Å²) in [5.74, 6) is -0.222. The van der Waals surface area contributed by atoms with Crippen molar-refractivity contribution < 1.29 is 9.32 Å². The zero-order valence-corrected chi connectivity index (χ0v) is 13.5. The summed E-state index contributed by atoms with van der Waals surface area (Å²) >= 11 is 0. The number of nitrogens with two attached hydrogens (primary N) is 1. The van der Waals surface area contributed by atoms with E-state index in [1.54, 1.807) is 18.5 Å². The van der Waals surface area contributed by atoms with Crippen molar-refractivity contribution in [1.29, 1.82) is 0 Å². The maximum absolute atomic E-state index is 12.3. The number of unbranched alkanes of at least 4 members (excludes halogenated alkanes) is 5. The van der Waals surface area contributed by atoms with Crippen molar-refractivity contribution in [2.45, 2.75) is 45.4 Å². The fraction of sp³-hybridized carbons (Fsp3) is 0.471. The summed E-state index contributed by atoms with van der Waals surface area (Å²) in [5, 5.41) is 6.77. The van der Waals surface area contributed by atoms with Crippen molar-refractivity contribution in [2.24, 2.45) is 0 Å². The van der Waals surface area contributed by atoms with E-state index in [0.717, 1.165) is 12.8 Å². The highest BCUT2D eigenvalue weighted by Crippen LogP contribution is 2.26. The molecule has 0 radical (unpaired) electrons. The molecule has 124 valence electrons. The summed E-state index contributed by atoms with van der Waals surface area (Å²) < 4.78 is 4.98. The molecule has 0 fully saturated rings. The quantitative estimate of drug-likeness (QED) is 0.691. The lowest BCUT2D eigenvalue weighted by Crippen LogP contribution is -2.25. The molecule has 0 aromatic carbocycles. The van der Waals surface area contributed by atoms with E-state index in [4.69, 9.17) is 10.3 Å². The van der Waals surface area contributed by atoms with E-state index in [1.165, 1.54) is 25.7 Å². The molecule has 0 aliphatic heterocycles. The summed E-state index contributed by atoms with van der Waals surface area (Å²) in [6.07, 6.45) is 10.3. The van der Waals surface area contributed by atoms with Gasteiger partial charge in [0.05, 0.1) is 0 Å². The Bertz CT molecular complexity index is 610. The molecule has 0 aliphatic rings. The van der Waals surface area contributed by atoms with Crippen molar-refractivity contribution in [1.82, 2.24) is 15.5 Å². The SMILES string of the molecule is CCCCCCCCNC(=O)c1c(-c2cccnc2)noc1N. The first-order valence-corrected chi connectivity index (χ1v) is 8.17. The molecule has 2 aromatic heterocycles. The van der Waals surface area contributed by atoms with Crippen LogP contribution in [0.15, 0.2) is 29.0 Å². The van der Waals surface area contributed by atoms with E-state index < -0.39 is 0 Å². The lowest BCUT2D eigenvalue weighted by atomic mass is 10.1. The van der Waals surface area contributed by atoms with Crippen molar-refractivity contribution in [3.63, 3.8) is 0 Å². The lowest BCUT2D eigenvalue weighted by Gasteiger charge is -2.05. The van der Waals surface area contributed by atoms with Crippen LogP contribution < -0.4 is 11.1 Å². The molecule has 6 heteroatoms. The number of nitrogen functional groups attached to an aromatic ring is 1. The van der Waals surface area contributed by atoms with Crippen LogP contribution in [-0.4, -0.2) is 22.6 Å². The number of anilines is 1. The third-order valence-electron chi connectivity index (χ3n) is 3.70. The van der Waals surface area contributed by atoms with E-state index in [-0.39, 0.29) is 17.4 Å². The number of rotatable bonds is 9. The molecule has 0 bridgehead atoms. The summed E-state index contributed by atoms with van der Waals surface area (Å²) in [7, 11) is 0. The van der Waals surface area contributed by atoms with Gasteiger partial charge in [0.25, 0.3) is 5.91 Å². The number of carbonyl (C=O) groups is 1. The monoisotopic (exact) mass is 316 g/mol. The predicted molar refractivity (Wildman–Crippen MR) is 89.9 cm³/mol. The third-order valence-corrected chi connectivity index (χ3v) is 3.70. The molecule has 0 spiro atoms. The van der Waals surface area contributed by atoms with Crippen LogP contribution in [0.4, 0.5) is 5.88 Å². The molecule has 1 amide bonds. The second-order valence-corrected chi connectivity index (χ2v) is 5.54. The fourth-order valence-electron chi connectivity index (χ4n) is 2.42. The van der Waals surface area contributed by atoms with Gasteiger partial charge >= 0.3 is 0 Å². The first-order valence-electron chi connectivity index (χ1n) is 8.17. The van der Waals surface area contributed by atoms with E-state index in [1.807, 2.05) is 6.07 Å². The Morgan fingerprint density at radius 1 is 1.26 bits per heavy atom. The molecule has 0 aliphatic carbocycles. The molecule has 2 rings (SSSR count). The second kappa shape index (κ2) is 8.92. The van der Waals surface area contributed by atoms with Gasteiger partial charge in [0.1, 0.15) is 11.3 Å². The fourth-order valence-corrected chi connectivity index (χ4v) is 2.42. The minimum absolute atomic E-state index is 0.0318. The van der Waals surface area contributed by atoms with Crippen molar-refractivity contribution in [2.75, 3.05) is 12.3 Å². The van der Waals surface area contributed by atoms with Gasteiger partial charge < -0.3 is 15.6 Å². The van der Waals surface area contributed by atoms with Gasteiger partial charge in [-0.05, 0) is 18.6 Å². The van der Waals surface area contributed by atoms with Crippen molar-refractivity contribution in [3.05, 3.63) is 30.1 Å². The lowest BCUT2D eigenvalue weighted by molar-refractivity contribution is 0.0954. The van der Waals surface area contributed by atoms with Crippen LogP contribution in [0.5, 0.6) is 0 Å². The molecule has 0 unspecified atom stereocenters. The second-order valence-electron chi connectivity index (χ2n) is 5.54. The number of amides is 1. The van der Waals surface area contributed by atoms with Crippen LogP contribution in [0, 0.1) is 0 Å². The van der Waals surface area contributed by atoms with Crippen molar-refractivity contribution >= 4 is 11.8 Å². The molecule has 2 heterocycles. The number of nitrogens with one attached hydrogen (secondary N) is 1. The van der Waals surface area contributed by atoms with Crippen LogP contribution >= 0.6 is 0 Å². The summed E-state index contributed by atoms with van der Waals surface area (Å²) in [4.78, 5) is 16.4. The van der Waals surface area contributed by atoms with Gasteiger partial charge in [0, 0.05) is 24.5 Å². The summed E-state index contributed by atoms with van der Waals surface area (Å²) in [5.41, 5.74) is 7.17. The minimum Gasteiger partial charge on any atom is -0.367 e. The van der Waals surface area contributed by atoms with E-state index >= 15 is 0 Å². The van der Waals surface area contributed by atoms with Crippen LogP contribution in [-0.2, 0) is 0 Å². The van der Waals surface area contributed by atoms with Crippen LogP contribution in [0.3, 0.4) is 0 Å². The number of carbonyl (C=O) groups excluding carboxylic acids is 1. The van der Waals surface area contributed by atoms with Crippen LogP contribution in [0.2, 0.25) is 0 Å². The number of nitrogens with zero attached hydrogens (tertiary/aromatic N) is 2. The molecule has 0 saturated carbocycles. The smallest absolute Gasteiger partial charge is 0.259 e. The van der Waals surface area contributed by atoms with Gasteiger partial charge in [-0.2, -0.15) is 0 Å². The molecule has 23 heavy (non-hydrogen) atoms. The number of pyridine rings is 1. The standard InChI is InChI=1S/C17H24N4O2/c1-2-3-4-5-6-7-11-20-17(22)14-15(21-23-16(14)18)13-9-8-10-19-12-13/h8-10,12H,2-7,11,18H2,1H3,(H,20,22). The van der Waals surface area contributed by atoms with Crippen LogP contribution in [0.1, 0.15) is 55.8 Å². The molecule has 0 saturated heterocycles. The highest BCUT2D eigenvalue weighted by molar-refractivity contribution is 6.03. The Balaban J connectivity index is 1.89. The largest absolute Gasteiger partial charge is 0.367 e.